The van der Waals surface area contributed by atoms with Crippen LogP contribution in [0.5, 0.6) is 5.75 Å². The molecule has 0 aliphatic rings. The number of methoxy groups -OCH3 is 1. The molecule has 2 rings (SSSR count). The topological polar surface area (TPSA) is 51.7 Å². The van der Waals surface area contributed by atoms with Gasteiger partial charge in [-0.3, -0.25) is 4.79 Å². The minimum absolute atomic E-state index is 0.0411. The van der Waals surface area contributed by atoms with Crippen molar-refractivity contribution in [3.8, 4) is 5.75 Å². The molecule has 0 N–H and O–H groups in total. The molecule has 0 aliphatic carbocycles. The number of amides is 1. The molecular weight excluding hydrogens is 288 g/mol. The number of hydrogen-bond acceptors (Lipinski definition) is 5. The van der Waals surface area contributed by atoms with E-state index in [9.17, 15) is 4.79 Å². The Morgan fingerprint density at radius 1 is 1.33 bits per heavy atom. The Balaban J connectivity index is 1.99. The molecule has 5 nitrogen and oxygen atoms in total. The van der Waals surface area contributed by atoms with Gasteiger partial charge >= 0.3 is 0 Å². The highest BCUT2D eigenvalue weighted by Crippen LogP contribution is 2.16. The first-order chi connectivity index (χ1) is 10.2. The largest absolute Gasteiger partial charge is 0.491 e. The van der Waals surface area contributed by atoms with Crippen LogP contribution in [0.4, 0.5) is 0 Å². The Bertz CT molecular complexity index is 572. The average Bonchev–Trinajstić information content (AvgIpc) is 3.00. The third kappa shape index (κ3) is 4.54. The second-order valence-electron chi connectivity index (χ2n) is 4.51. The molecular formula is C15H18N2O3S. The lowest BCUT2D eigenvalue weighted by Crippen LogP contribution is -2.25. The highest BCUT2D eigenvalue weighted by molar-refractivity contribution is 7.05. The van der Waals surface area contributed by atoms with Crippen molar-refractivity contribution in [3.63, 3.8) is 0 Å². The van der Waals surface area contributed by atoms with E-state index in [1.54, 1.807) is 37.4 Å². The first kappa shape index (κ1) is 15.5. The van der Waals surface area contributed by atoms with Crippen molar-refractivity contribution in [1.29, 1.82) is 0 Å². The summed E-state index contributed by atoms with van der Waals surface area (Å²) in [5.41, 5.74) is 0.608. The van der Waals surface area contributed by atoms with Crippen molar-refractivity contribution in [3.05, 3.63) is 47.0 Å². The highest BCUT2D eigenvalue weighted by atomic mass is 32.1. The van der Waals surface area contributed by atoms with E-state index in [0.29, 0.717) is 31.1 Å². The second-order valence-corrected chi connectivity index (χ2v) is 5.43. The molecule has 1 aromatic carbocycles. The molecule has 112 valence electrons. The molecule has 0 saturated carbocycles. The van der Waals surface area contributed by atoms with E-state index in [-0.39, 0.29) is 5.91 Å². The number of carbonyl (C=O) groups excluding carboxylic acids is 1. The van der Waals surface area contributed by atoms with E-state index in [2.05, 4.69) is 4.37 Å². The van der Waals surface area contributed by atoms with E-state index < -0.39 is 0 Å². The smallest absolute Gasteiger partial charge is 0.254 e. The van der Waals surface area contributed by atoms with Gasteiger partial charge in [-0.25, -0.2) is 4.37 Å². The van der Waals surface area contributed by atoms with Crippen LogP contribution < -0.4 is 4.74 Å². The molecule has 1 amide bonds. The maximum Gasteiger partial charge on any atom is 0.254 e. The Hall–Kier alpha value is -1.92. The van der Waals surface area contributed by atoms with Gasteiger partial charge < -0.3 is 14.4 Å². The number of aromatic nitrogens is 1. The van der Waals surface area contributed by atoms with Gasteiger partial charge in [0, 0.05) is 30.8 Å². The van der Waals surface area contributed by atoms with Gasteiger partial charge in [-0.15, -0.1) is 0 Å². The van der Waals surface area contributed by atoms with Gasteiger partial charge in [0.05, 0.1) is 13.2 Å². The average molecular weight is 306 g/mol. The number of carbonyl (C=O) groups is 1. The number of benzene rings is 1. The quantitative estimate of drug-likeness (QED) is 0.737. The molecule has 21 heavy (non-hydrogen) atoms. The zero-order valence-corrected chi connectivity index (χ0v) is 12.9. The standard InChI is InChI=1S/C15H18N2O3S/c1-17(11-14-6-7-16-21-14)15(18)12-4-3-5-13(10-12)20-9-8-19-2/h3-7,10H,8-9,11H2,1-2H3. The molecule has 0 unspecified atom stereocenters. The normalized spacial score (nSPS) is 10.4. The summed E-state index contributed by atoms with van der Waals surface area (Å²) in [5, 5.41) is 0. The van der Waals surface area contributed by atoms with Crippen molar-refractivity contribution in [2.45, 2.75) is 6.54 Å². The van der Waals surface area contributed by atoms with Crippen molar-refractivity contribution in [2.75, 3.05) is 27.4 Å². The monoisotopic (exact) mass is 306 g/mol. The molecule has 1 aromatic heterocycles. The summed E-state index contributed by atoms with van der Waals surface area (Å²) in [4.78, 5) is 15.1. The molecule has 0 bridgehead atoms. The van der Waals surface area contributed by atoms with Gasteiger partial charge in [-0.2, -0.15) is 0 Å². The van der Waals surface area contributed by atoms with Gasteiger partial charge in [0.25, 0.3) is 5.91 Å². The van der Waals surface area contributed by atoms with Gasteiger partial charge in [-0.1, -0.05) is 6.07 Å². The lowest BCUT2D eigenvalue weighted by Gasteiger charge is -2.16. The number of hydrogen-bond donors (Lipinski definition) is 0. The number of nitrogens with zero attached hydrogens (tertiary/aromatic N) is 2. The molecule has 0 fully saturated rings. The first-order valence-electron chi connectivity index (χ1n) is 6.57. The van der Waals surface area contributed by atoms with Crippen molar-refractivity contribution in [2.24, 2.45) is 0 Å². The third-order valence-corrected chi connectivity index (χ3v) is 3.59. The van der Waals surface area contributed by atoms with Crippen LogP contribution in [-0.4, -0.2) is 42.6 Å². The molecule has 0 aliphatic heterocycles. The van der Waals surface area contributed by atoms with E-state index in [4.69, 9.17) is 9.47 Å². The van der Waals surface area contributed by atoms with E-state index in [0.717, 1.165) is 4.88 Å². The van der Waals surface area contributed by atoms with Crippen molar-refractivity contribution < 1.29 is 14.3 Å². The SMILES string of the molecule is COCCOc1cccc(C(=O)N(C)Cc2ccns2)c1. The summed E-state index contributed by atoms with van der Waals surface area (Å²) < 4.78 is 14.5. The number of ether oxygens (including phenoxy) is 2. The maximum absolute atomic E-state index is 12.4. The summed E-state index contributed by atoms with van der Waals surface area (Å²) in [6, 6.07) is 9.10. The fourth-order valence-corrected chi connectivity index (χ4v) is 2.44. The van der Waals surface area contributed by atoms with Gasteiger partial charge in [0.15, 0.2) is 0 Å². The zero-order chi connectivity index (χ0) is 15.1. The maximum atomic E-state index is 12.4. The summed E-state index contributed by atoms with van der Waals surface area (Å²) in [5.74, 6) is 0.629. The molecule has 1 heterocycles. The predicted molar refractivity (Wildman–Crippen MR) is 81.7 cm³/mol. The molecule has 0 saturated heterocycles. The highest BCUT2D eigenvalue weighted by Gasteiger charge is 2.13. The van der Waals surface area contributed by atoms with Crippen LogP contribution in [0.2, 0.25) is 0 Å². The zero-order valence-electron chi connectivity index (χ0n) is 12.1. The number of rotatable bonds is 7. The summed E-state index contributed by atoms with van der Waals surface area (Å²) >= 11 is 1.40. The van der Waals surface area contributed by atoms with Crippen molar-refractivity contribution >= 4 is 17.4 Å². The lowest BCUT2D eigenvalue weighted by molar-refractivity contribution is 0.0786. The Kier molecular flexibility index (Phi) is 5.71. The third-order valence-electron chi connectivity index (χ3n) is 2.87. The summed E-state index contributed by atoms with van der Waals surface area (Å²) in [6.45, 7) is 1.53. The van der Waals surface area contributed by atoms with Crippen LogP contribution in [0.15, 0.2) is 36.5 Å². The van der Waals surface area contributed by atoms with Gasteiger partial charge in [-0.05, 0) is 35.8 Å². The second kappa shape index (κ2) is 7.75. The minimum atomic E-state index is -0.0411. The molecule has 2 aromatic rings. The van der Waals surface area contributed by atoms with Gasteiger partial charge in [0.1, 0.15) is 12.4 Å². The summed E-state index contributed by atoms with van der Waals surface area (Å²) in [7, 11) is 3.40. The Labute approximate surface area is 128 Å². The minimum Gasteiger partial charge on any atom is -0.491 e. The molecule has 6 heteroatoms. The molecule has 0 spiro atoms. The first-order valence-corrected chi connectivity index (χ1v) is 7.35. The predicted octanol–water partition coefficient (Wildman–Crippen LogP) is 2.44. The van der Waals surface area contributed by atoms with Crippen LogP contribution in [0.25, 0.3) is 0 Å². The van der Waals surface area contributed by atoms with Crippen LogP contribution >= 0.6 is 11.5 Å². The van der Waals surface area contributed by atoms with Gasteiger partial charge in [0.2, 0.25) is 0 Å². The summed E-state index contributed by atoms with van der Waals surface area (Å²) in [6.07, 6.45) is 1.74. The van der Waals surface area contributed by atoms with Crippen LogP contribution in [0.3, 0.4) is 0 Å². The van der Waals surface area contributed by atoms with E-state index in [1.165, 1.54) is 11.5 Å². The Morgan fingerprint density at radius 2 is 2.19 bits per heavy atom. The molecule has 0 atom stereocenters. The van der Waals surface area contributed by atoms with E-state index >= 15 is 0 Å². The van der Waals surface area contributed by atoms with Crippen molar-refractivity contribution in [1.82, 2.24) is 9.27 Å². The van der Waals surface area contributed by atoms with Crippen LogP contribution in [0.1, 0.15) is 15.2 Å². The fourth-order valence-electron chi connectivity index (χ4n) is 1.81. The Morgan fingerprint density at radius 3 is 2.90 bits per heavy atom. The lowest BCUT2D eigenvalue weighted by atomic mass is 10.2. The molecule has 0 radical (unpaired) electrons. The van der Waals surface area contributed by atoms with Crippen LogP contribution in [0, 0.1) is 0 Å². The van der Waals surface area contributed by atoms with E-state index in [1.807, 2.05) is 18.2 Å². The fraction of sp³-hybridized carbons (Fsp3) is 0.333. The van der Waals surface area contributed by atoms with Crippen LogP contribution in [-0.2, 0) is 11.3 Å².